The van der Waals surface area contributed by atoms with Crippen LogP contribution < -0.4 is 0 Å². The molecule has 2 nitrogen and oxygen atoms in total. The van der Waals surface area contributed by atoms with Gasteiger partial charge in [-0.05, 0) is 42.3 Å². The topological polar surface area (TPSA) is 15.6 Å². The summed E-state index contributed by atoms with van der Waals surface area (Å²) in [6.45, 7) is 4.21. The van der Waals surface area contributed by atoms with Crippen molar-refractivity contribution >= 4 is 55.8 Å². The Morgan fingerprint density at radius 2 is 2.24 bits per heavy atom. The predicted molar refractivity (Wildman–Crippen MR) is 97.4 cm³/mol. The number of aliphatic imine (C=N–C) groups is 1. The van der Waals surface area contributed by atoms with Crippen LogP contribution in [-0.4, -0.2) is 29.4 Å². The molecule has 0 N–H and O–H groups in total. The second kappa shape index (κ2) is 5.38. The molecule has 0 aliphatic carbocycles. The lowest BCUT2D eigenvalue weighted by atomic mass is 10.2. The minimum absolute atomic E-state index is 0.935. The Kier molecular flexibility index (Phi) is 3.52. The Labute approximate surface area is 137 Å². The van der Waals surface area contributed by atoms with E-state index in [-0.39, 0.29) is 0 Å². The third kappa shape index (κ3) is 2.22. The largest absolute Gasteiger partial charge is 0.317 e. The van der Waals surface area contributed by atoms with E-state index in [2.05, 4.69) is 47.3 Å². The van der Waals surface area contributed by atoms with Crippen LogP contribution in [0.15, 0.2) is 39.1 Å². The van der Waals surface area contributed by atoms with Crippen molar-refractivity contribution in [2.45, 2.75) is 18.2 Å². The number of rotatable bonds is 3. The minimum atomic E-state index is 0.935. The summed E-state index contributed by atoms with van der Waals surface area (Å²) in [5.41, 5.74) is 1.41. The number of hydrogen-bond donors (Lipinski definition) is 0. The monoisotopic (exact) mass is 332 g/mol. The van der Waals surface area contributed by atoms with Crippen molar-refractivity contribution in [1.82, 2.24) is 4.90 Å². The molecule has 0 amide bonds. The van der Waals surface area contributed by atoms with Gasteiger partial charge in [-0.15, -0.1) is 23.1 Å². The maximum atomic E-state index is 4.62. The Morgan fingerprint density at radius 1 is 1.33 bits per heavy atom. The van der Waals surface area contributed by atoms with E-state index < -0.39 is 0 Å². The minimum Gasteiger partial charge on any atom is -0.317 e. The number of nitrogens with zero attached hydrogens (tertiary/aromatic N) is 2. The first-order valence-corrected chi connectivity index (χ1v) is 9.97. The molecule has 0 fully saturated rings. The highest BCUT2D eigenvalue weighted by molar-refractivity contribution is 8.17. The Morgan fingerprint density at radius 3 is 3.05 bits per heavy atom. The molecule has 2 aliphatic heterocycles. The van der Waals surface area contributed by atoms with Crippen LogP contribution in [0.25, 0.3) is 15.8 Å². The van der Waals surface area contributed by atoms with Crippen LogP contribution in [-0.2, 0) is 0 Å². The van der Waals surface area contributed by atoms with Gasteiger partial charge >= 0.3 is 0 Å². The van der Waals surface area contributed by atoms with Gasteiger partial charge in [-0.3, -0.25) is 4.99 Å². The molecule has 108 valence electrons. The summed E-state index contributed by atoms with van der Waals surface area (Å²) in [5, 5.41) is 2.56. The summed E-state index contributed by atoms with van der Waals surface area (Å²) in [6.07, 6.45) is 3.21. The summed E-state index contributed by atoms with van der Waals surface area (Å²) in [6, 6.07) is 9.12. The van der Waals surface area contributed by atoms with Gasteiger partial charge < -0.3 is 4.90 Å². The molecule has 1 aromatic carbocycles. The van der Waals surface area contributed by atoms with E-state index in [1.165, 1.54) is 35.6 Å². The molecule has 0 unspecified atom stereocenters. The van der Waals surface area contributed by atoms with Crippen LogP contribution >= 0.6 is 34.9 Å². The molecule has 21 heavy (non-hydrogen) atoms. The SMILES string of the molecule is CCC1=C(c2cc3cc(SC)ccc3s2)N2CCN=C2S1. The van der Waals surface area contributed by atoms with Crippen LogP contribution in [0.3, 0.4) is 0 Å². The molecule has 2 aromatic rings. The highest BCUT2D eigenvalue weighted by atomic mass is 32.2. The number of hydrogen-bond acceptors (Lipinski definition) is 5. The van der Waals surface area contributed by atoms with Gasteiger partial charge in [-0.2, -0.15) is 0 Å². The Bertz CT molecular complexity index is 773. The van der Waals surface area contributed by atoms with E-state index in [1.807, 2.05) is 23.1 Å². The van der Waals surface area contributed by atoms with Crippen molar-refractivity contribution in [1.29, 1.82) is 0 Å². The molecular formula is C16H16N2S3. The zero-order valence-corrected chi connectivity index (χ0v) is 14.5. The normalized spacial score (nSPS) is 17.8. The van der Waals surface area contributed by atoms with Gasteiger partial charge in [-0.1, -0.05) is 18.7 Å². The number of benzene rings is 1. The summed E-state index contributed by atoms with van der Waals surface area (Å²) >= 11 is 5.57. The molecule has 4 rings (SSSR count). The number of allylic oxidation sites excluding steroid dienone is 1. The zero-order chi connectivity index (χ0) is 14.4. The van der Waals surface area contributed by atoms with E-state index in [9.17, 15) is 0 Å². The quantitative estimate of drug-likeness (QED) is 0.726. The average Bonchev–Trinajstić information content (AvgIpc) is 3.18. The van der Waals surface area contributed by atoms with Crippen molar-refractivity contribution in [2.24, 2.45) is 4.99 Å². The second-order valence-corrected chi connectivity index (χ2v) is 8.08. The standard InChI is InChI=1S/C16H16N2S3/c1-3-12-15(18-7-6-17-16(18)21-12)14-9-10-8-11(19-2)4-5-13(10)20-14/h4-5,8-9H,3,6-7H2,1-2H3. The molecule has 1 aromatic heterocycles. The van der Waals surface area contributed by atoms with Crippen LogP contribution in [0, 0.1) is 0 Å². The van der Waals surface area contributed by atoms with Gasteiger partial charge in [0.2, 0.25) is 0 Å². The summed E-state index contributed by atoms with van der Waals surface area (Å²) in [7, 11) is 0. The molecule has 0 radical (unpaired) electrons. The Balaban J connectivity index is 1.83. The molecule has 0 bridgehead atoms. The molecule has 0 spiro atoms. The number of amidine groups is 1. The van der Waals surface area contributed by atoms with Crippen LogP contribution in [0.2, 0.25) is 0 Å². The molecule has 0 saturated heterocycles. The highest BCUT2D eigenvalue weighted by Crippen LogP contribution is 2.46. The molecule has 5 heteroatoms. The van der Waals surface area contributed by atoms with Crippen molar-refractivity contribution in [3.63, 3.8) is 0 Å². The highest BCUT2D eigenvalue weighted by Gasteiger charge is 2.32. The lowest BCUT2D eigenvalue weighted by Gasteiger charge is -2.15. The molecule has 2 aliphatic rings. The second-order valence-electron chi connectivity index (χ2n) is 5.06. The van der Waals surface area contributed by atoms with Gasteiger partial charge in [-0.25, -0.2) is 0 Å². The summed E-state index contributed by atoms with van der Waals surface area (Å²) in [5.74, 6) is 0. The van der Waals surface area contributed by atoms with Crippen LogP contribution in [0.1, 0.15) is 18.2 Å². The first-order chi connectivity index (χ1) is 10.3. The maximum absolute atomic E-state index is 4.62. The fraction of sp³-hybridized carbons (Fsp3) is 0.312. The van der Waals surface area contributed by atoms with Crippen molar-refractivity contribution in [3.8, 4) is 0 Å². The lowest BCUT2D eigenvalue weighted by molar-refractivity contribution is 0.648. The average molecular weight is 333 g/mol. The molecule has 3 heterocycles. The summed E-state index contributed by atoms with van der Waals surface area (Å²) in [4.78, 5) is 11.2. The van der Waals surface area contributed by atoms with Crippen molar-refractivity contribution < 1.29 is 0 Å². The third-order valence-electron chi connectivity index (χ3n) is 3.83. The van der Waals surface area contributed by atoms with Crippen LogP contribution in [0.5, 0.6) is 0 Å². The number of fused-ring (bicyclic) bond motifs is 2. The van der Waals surface area contributed by atoms with Gasteiger partial charge in [0.15, 0.2) is 5.17 Å². The predicted octanol–water partition coefficient (Wildman–Crippen LogP) is 5.12. The van der Waals surface area contributed by atoms with Crippen LogP contribution in [0.4, 0.5) is 0 Å². The van der Waals surface area contributed by atoms with E-state index in [0.717, 1.165) is 19.5 Å². The van der Waals surface area contributed by atoms with Gasteiger partial charge in [0, 0.05) is 21.0 Å². The van der Waals surface area contributed by atoms with E-state index in [4.69, 9.17) is 0 Å². The van der Waals surface area contributed by atoms with Gasteiger partial charge in [0.25, 0.3) is 0 Å². The first kappa shape index (κ1) is 13.7. The summed E-state index contributed by atoms with van der Waals surface area (Å²) < 4.78 is 1.38. The molecule has 0 atom stereocenters. The van der Waals surface area contributed by atoms with Gasteiger partial charge in [0.05, 0.1) is 17.1 Å². The molecule has 0 saturated carbocycles. The number of thiophene rings is 1. The Hall–Kier alpha value is -0.910. The first-order valence-electron chi connectivity index (χ1n) is 7.11. The number of thioether (sulfide) groups is 2. The van der Waals surface area contributed by atoms with E-state index >= 15 is 0 Å². The fourth-order valence-electron chi connectivity index (χ4n) is 2.81. The van der Waals surface area contributed by atoms with Crippen molar-refractivity contribution in [3.05, 3.63) is 34.0 Å². The van der Waals surface area contributed by atoms with Crippen molar-refractivity contribution in [2.75, 3.05) is 19.3 Å². The van der Waals surface area contributed by atoms with E-state index in [0.29, 0.717) is 0 Å². The lowest BCUT2D eigenvalue weighted by Crippen LogP contribution is -2.19. The maximum Gasteiger partial charge on any atom is 0.168 e. The van der Waals surface area contributed by atoms with E-state index in [1.54, 1.807) is 11.8 Å². The molecular weight excluding hydrogens is 316 g/mol. The van der Waals surface area contributed by atoms with Gasteiger partial charge in [0.1, 0.15) is 0 Å². The smallest absolute Gasteiger partial charge is 0.168 e. The third-order valence-corrected chi connectivity index (χ3v) is 6.94. The fourth-order valence-corrected chi connectivity index (χ4v) is 5.57. The zero-order valence-electron chi connectivity index (χ0n) is 12.0.